The number of rotatable bonds is 6. The van der Waals surface area contributed by atoms with Crippen molar-refractivity contribution in [3.8, 4) is 11.4 Å². The minimum atomic E-state index is -0.566. The summed E-state index contributed by atoms with van der Waals surface area (Å²) in [4.78, 5) is 32.5. The summed E-state index contributed by atoms with van der Waals surface area (Å²) < 4.78 is 15.0. The van der Waals surface area contributed by atoms with Gasteiger partial charge in [-0.05, 0) is 64.8 Å². The summed E-state index contributed by atoms with van der Waals surface area (Å²) in [6.07, 6.45) is 3.08. The predicted molar refractivity (Wildman–Crippen MR) is 151 cm³/mol. The number of piperidine rings is 1. The number of aryl methyl sites for hydroxylation is 1. The Labute approximate surface area is 228 Å². The molecule has 0 radical (unpaired) electrons. The summed E-state index contributed by atoms with van der Waals surface area (Å²) in [6.45, 7) is 9.95. The van der Waals surface area contributed by atoms with Gasteiger partial charge in [0, 0.05) is 61.1 Å². The van der Waals surface area contributed by atoms with Crippen LogP contribution >= 0.6 is 0 Å². The molecule has 4 aromatic rings. The van der Waals surface area contributed by atoms with E-state index in [4.69, 9.17) is 14.5 Å². The van der Waals surface area contributed by atoms with Gasteiger partial charge < -0.3 is 28.7 Å². The van der Waals surface area contributed by atoms with Crippen LogP contribution in [0.15, 0.2) is 48.7 Å². The third kappa shape index (κ3) is 5.63. The molecule has 9 heteroatoms. The van der Waals surface area contributed by atoms with Gasteiger partial charge in [0.05, 0.1) is 12.3 Å². The predicted octanol–water partition coefficient (Wildman–Crippen LogP) is 5.04. The largest absolute Gasteiger partial charge is 0.444 e. The normalized spacial score (nSPS) is 16.1. The van der Waals surface area contributed by atoms with Crippen molar-refractivity contribution < 1.29 is 19.1 Å². The fourth-order valence-corrected chi connectivity index (χ4v) is 5.31. The lowest BCUT2D eigenvalue weighted by molar-refractivity contribution is 0.0452. The van der Waals surface area contributed by atoms with Gasteiger partial charge in [0.15, 0.2) is 0 Å². The molecular weight excluding hydrogens is 494 g/mol. The number of para-hydroxylation sites is 1. The Morgan fingerprint density at radius 3 is 2.72 bits per heavy atom. The standard InChI is InChI=1S/C30H37N5O4/c1-20-27(25-17-21-9-6-7-11-24(21)35(25)15-16-38-5)32-26-18-22(12-14-34(20)26)28(36)33-13-8-10-23(19-33)31-29(37)39-30(2,3)4/h6-7,9,11-12,14,17-18,23H,8,10,13,15-16,19H2,1-5H3,(H,31,37)/t23-/m1/s1. The molecule has 1 fully saturated rings. The Balaban J connectivity index is 1.40. The number of imidazole rings is 1. The van der Waals surface area contributed by atoms with Crippen LogP contribution in [0.4, 0.5) is 4.79 Å². The zero-order valence-corrected chi connectivity index (χ0v) is 23.4. The number of hydrogen-bond acceptors (Lipinski definition) is 5. The van der Waals surface area contributed by atoms with Crippen LogP contribution in [-0.2, 0) is 16.0 Å². The summed E-state index contributed by atoms with van der Waals surface area (Å²) in [6, 6.07) is 14.0. The number of pyridine rings is 1. The Morgan fingerprint density at radius 2 is 1.95 bits per heavy atom. The minimum Gasteiger partial charge on any atom is -0.444 e. The van der Waals surface area contributed by atoms with E-state index in [0.29, 0.717) is 31.8 Å². The number of nitrogens with one attached hydrogen (secondary N) is 1. The molecule has 39 heavy (non-hydrogen) atoms. The van der Waals surface area contributed by atoms with Crippen LogP contribution in [-0.4, -0.2) is 69.3 Å². The van der Waals surface area contributed by atoms with Crippen LogP contribution in [0.5, 0.6) is 0 Å². The molecule has 0 spiro atoms. The van der Waals surface area contributed by atoms with Crippen molar-refractivity contribution in [2.24, 2.45) is 0 Å². The minimum absolute atomic E-state index is 0.0652. The first-order chi connectivity index (χ1) is 18.6. The van der Waals surface area contributed by atoms with E-state index in [9.17, 15) is 9.59 Å². The first kappa shape index (κ1) is 26.7. The molecule has 1 aliphatic heterocycles. The van der Waals surface area contributed by atoms with Crippen molar-refractivity contribution in [2.75, 3.05) is 26.8 Å². The third-order valence-corrected chi connectivity index (χ3v) is 7.11. The Morgan fingerprint density at radius 1 is 1.15 bits per heavy atom. The summed E-state index contributed by atoms with van der Waals surface area (Å²) in [7, 11) is 1.71. The van der Waals surface area contributed by atoms with Crippen LogP contribution in [0.2, 0.25) is 0 Å². The van der Waals surface area contributed by atoms with Gasteiger partial charge >= 0.3 is 6.09 Å². The number of ether oxygens (including phenoxy) is 2. The lowest BCUT2D eigenvalue weighted by atomic mass is 10.0. The van der Waals surface area contributed by atoms with E-state index < -0.39 is 11.7 Å². The number of carbonyl (C=O) groups excluding carboxylic acids is 2. The number of alkyl carbamates (subject to hydrolysis) is 1. The van der Waals surface area contributed by atoms with E-state index in [1.165, 1.54) is 0 Å². The number of amides is 2. The van der Waals surface area contributed by atoms with E-state index in [-0.39, 0.29) is 11.9 Å². The SMILES string of the molecule is COCCn1c(-c2nc3cc(C(=O)N4CCC[C@@H](NC(=O)OC(C)(C)C)C4)ccn3c2C)cc2ccccc21. The fraction of sp³-hybridized carbons (Fsp3) is 0.433. The molecule has 1 aliphatic rings. The van der Waals surface area contributed by atoms with Crippen LogP contribution in [0.1, 0.15) is 49.7 Å². The molecule has 5 rings (SSSR count). The number of carbonyl (C=O) groups is 2. The van der Waals surface area contributed by atoms with Crippen molar-refractivity contribution in [1.82, 2.24) is 24.2 Å². The van der Waals surface area contributed by atoms with Gasteiger partial charge in [-0.25, -0.2) is 9.78 Å². The van der Waals surface area contributed by atoms with Crippen molar-refractivity contribution in [2.45, 2.75) is 58.7 Å². The van der Waals surface area contributed by atoms with Crippen LogP contribution in [0.25, 0.3) is 27.9 Å². The third-order valence-electron chi connectivity index (χ3n) is 7.11. The number of methoxy groups -OCH3 is 1. The maximum absolute atomic E-state index is 13.5. The molecule has 4 heterocycles. The Bertz CT molecular complexity index is 1510. The highest BCUT2D eigenvalue weighted by molar-refractivity contribution is 5.95. The molecule has 1 saturated heterocycles. The molecular formula is C30H37N5O4. The van der Waals surface area contributed by atoms with E-state index in [1.807, 2.05) is 62.6 Å². The second kappa shape index (κ2) is 10.7. The number of benzene rings is 1. The molecule has 1 N–H and O–H groups in total. The van der Waals surface area contributed by atoms with Gasteiger partial charge in [-0.3, -0.25) is 4.79 Å². The number of hydrogen-bond donors (Lipinski definition) is 1. The lowest BCUT2D eigenvalue weighted by Crippen LogP contribution is -2.50. The molecule has 0 bridgehead atoms. The molecule has 2 amide bonds. The quantitative estimate of drug-likeness (QED) is 0.377. The van der Waals surface area contributed by atoms with E-state index in [0.717, 1.165) is 46.5 Å². The van der Waals surface area contributed by atoms with Crippen molar-refractivity contribution >= 4 is 28.6 Å². The summed E-state index contributed by atoms with van der Waals surface area (Å²) in [5.74, 6) is -0.0652. The molecule has 1 atom stereocenters. The second-order valence-electron chi connectivity index (χ2n) is 11.2. The van der Waals surface area contributed by atoms with Crippen molar-refractivity contribution in [3.05, 3.63) is 59.9 Å². The Hall–Kier alpha value is -3.85. The zero-order chi connectivity index (χ0) is 27.7. The lowest BCUT2D eigenvalue weighted by Gasteiger charge is -2.33. The molecule has 206 valence electrons. The van der Waals surface area contributed by atoms with Gasteiger partial charge in [-0.15, -0.1) is 0 Å². The number of nitrogens with zero attached hydrogens (tertiary/aromatic N) is 4. The number of likely N-dealkylation sites (tertiary alicyclic amines) is 1. The second-order valence-corrected chi connectivity index (χ2v) is 11.2. The summed E-state index contributed by atoms with van der Waals surface area (Å²) >= 11 is 0. The van der Waals surface area contributed by atoms with Crippen molar-refractivity contribution in [3.63, 3.8) is 0 Å². The topological polar surface area (TPSA) is 90.1 Å². The van der Waals surface area contributed by atoms with E-state index >= 15 is 0 Å². The number of fused-ring (bicyclic) bond motifs is 2. The molecule has 1 aromatic carbocycles. The summed E-state index contributed by atoms with van der Waals surface area (Å²) in [5, 5.41) is 4.07. The summed E-state index contributed by atoms with van der Waals surface area (Å²) in [5.41, 5.74) is 4.78. The molecule has 9 nitrogen and oxygen atoms in total. The van der Waals surface area contributed by atoms with Crippen LogP contribution < -0.4 is 5.32 Å². The van der Waals surface area contributed by atoms with Gasteiger partial charge in [0.2, 0.25) is 0 Å². The van der Waals surface area contributed by atoms with E-state index in [2.05, 4.69) is 28.1 Å². The smallest absolute Gasteiger partial charge is 0.407 e. The van der Waals surface area contributed by atoms with Gasteiger partial charge in [0.1, 0.15) is 16.9 Å². The number of aromatic nitrogens is 3. The van der Waals surface area contributed by atoms with Gasteiger partial charge in [-0.1, -0.05) is 18.2 Å². The zero-order valence-electron chi connectivity index (χ0n) is 23.4. The van der Waals surface area contributed by atoms with Crippen LogP contribution in [0.3, 0.4) is 0 Å². The fourth-order valence-electron chi connectivity index (χ4n) is 5.31. The molecule has 0 saturated carbocycles. The maximum atomic E-state index is 13.5. The highest BCUT2D eigenvalue weighted by Gasteiger charge is 2.28. The Kier molecular flexibility index (Phi) is 7.36. The average molecular weight is 532 g/mol. The monoisotopic (exact) mass is 531 g/mol. The van der Waals surface area contributed by atoms with Gasteiger partial charge in [0.25, 0.3) is 5.91 Å². The average Bonchev–Trinajstić information content (AvgIpc) is 3.42. The first-order valence-corrected chi connectivity index (χ1v) is 13.5. The first-order valence-electron chi connectivity index (χ1n) is 13.5. The highest BCUT2D eigenvalue weighted by atomic mass is 16.6. The van der Waals surface area contributed by atoms with Gasteiger partial charge in [-0.2, -0.15) is 0 Å². The van der Waals surface area contributed by atoms with Crippen molar-refractivity contribution in [1.29, 1.82) is 0 Å². The molecule has 0 aliphatic carbocycles. The van der Waals surface area contributed by atoms with Crippen LogP contribution in [0, 0.1) is 6.92 Å². The van der Waals surface area contributed by atoms with E-state index in [1.54, 1.807) is 12.0 Å². The molecule has 3 aromatic heterocycles. The highest BCUT2D eigenvalue weighted by Crippen LogP contribution is 2.31. The molecule has 0 unspecified atom stereocenters. The maximum Gasteiger partial charge on any atom is 0.407 e.